The Morgan fingerprint density at radius 2 is 1.70 bits per heavy atom. The second-order valence-corrected chi connectivity index (χ2v) is 12.9. The molecular weight excluding hydrogens is 364 g/mol. The van der Waals surface area contributed by atoms with Crippen molar-refractivity contribution in [1.29, 1.82) is 0 Å². The van der Waals surface area contributed by atoms with Gasteiger partial charge in [-0.05, 0) is 42.2 Å². The van der Waals surface area contributed by atoms with Gasteiger partial charge in [-0.1, -0.05) is 26.8 Å². The summed E-state index contributed by atoms with van der Waals surface area (Å²) in [5, 5.41) is 10.9. The number of methoxy groups -OCH3 is 3. The molecule has 27 heavy (non-hydrogen) atoms. The monoisotopic (exact) mass is 398 g/mol. The van der Waals surface area contributed by atoms with E-state index in [1.165, 1.54) is 14.2 Å². The molecule has 7 heteroatoms. The van der Waals surface area contributed by atoms with E-state index < -0.39 is 26.3 Å². The van der Waals surface area contributed by atoms with Crippen LogP contribution >= 0.6 is 0 Å². The quantitative estimate of drug-likeness (QED) is 0.502. The summed E-state index contributed by atoms with van der Waals surface area (Å²) in [4.78, 5) is 12.3. The average Bonchev–Trinajstić information content (AvgIpc) is 2.62. The van der Waals surface area contributed by atoms with Crippen molar-refractivity contribution in [2.75, 3.05) is 27.9 Å². The van der Waals surface area contributed by atoms with Gasteiger partial charge in [0.1, 0.15) is 0 Å². The Bertz CT molecular complexity index is 623. The number of carbonyl (C=O) groups is 1. The van der Waals surface area contributed by atoms with Crippen LogP contribution in [0.2, 0.25) is 18.1 Å². The molecule has 0 radical (unpaired) electrons. The number of rotatable bonds is 9. The van der Waals surface area contributed by atoms with E-state index in [0.29, 0.717) is 30.1 Å². The van der Waals surface area contributed by atoms with Crippen molar-refractivity contribution in [3.8, 4) is 11.5 Å². The Kier molecular flexibility index (Phi) is 8.32. The fourth-order valence-electron chi connectivity index (χ4n) is 2.48. The minimum Gasteiger partial charge on any atom is -0.493 e. The first kappa shape index (κ1) is 23.5. The molecule has 0 saturated heterocycles. The van der Waals surface area contributed by atoms with E-state index in [9.17, 15) is 9.90 Å². The molecule has 1 aromatic carbocycles. The first-order valence-corrected chi connectivity index (χ1v) is 12.0. The van der Waals surface area contributed by atoms with E-state index in [4.69, 9.17) is 18.6 Å². The first-order chi connectivity index (χ1) is 12.5. The van der Waals surface area contributed by atoms with Gasteiger partial charge >= 0.3 is 5.97 Å². The second kappa shape index (κ2) is 9.57. The van der Waals surface area contributed by atoms with E-state index in [2.05, 4.69) is 33.9 Å². The zero-order valence-electron chi connectivity index (χ0n) is 17.8. The smallest absolute Gasteiger partial charge is 0.311 e. The largest absolute Gasteiger partial charge is 0.493 e. The Hall–Kier alpha value is -1.57. The lowest BCUT2D eigenvalue weighted by atomic mass is 9.93. The van der Waals surface area contributed by atoms with Crippen LogP contribution in [0.1, 0.15) is 38.9 Å². The maximum absolute atomic E-state index is 12.3. The summed E-state index contributed by atoms with van der Waals surface area (Å²) in [5.41, 5.74) is 0.565. The Morgan fingerprint density at radius 3 is 2.19 bits per heavy atom. The van der Waals surface area contributed by atoms with Gasteiger partial charge in [0.15, 0.2) is 19.8 Å². The summed E-state index contributed by atoms with van der Waals surface area (Å²) in [6.45, 7) is 11.2. The minimum atomic E-state index is -1.93. The van der Waals surface area contributed by atoms with Gasteiger partial charge in [-0.3, -0.25) is 4.79 Å². The Morgan fingerprint density at radius 1 is 1.11 bits per heavy atom. The lowest BCUT2D eigenvalue weighted by Gasteiger charge is -2.36. The molecule has 0 unspecified atom stereocenters. The van der Waals surface area contributed by atoms with Crippen LogP contribution in [0.25, 0.3) is 0 Å². The van der Waals surface area contributed by atoms with Gasteiger partial charge in [-0.25, -0.2) is 0 Å². The molecule has 1 rings (SSSR count). The van der Waals surface area contributed by atoms with E-state index in [-0.39, 0.29) is 5.04 Å². The molecule has 0 aliphatic rings. The van der Waals surface area contributed by atoms with E-state index >= 15 is 0 Å². The number of ether oxygens (including phenoxy) is 3. The third-order valence-electron chi connectivity index (χ3n) is 5.33. The van der Waals surface area contributed by atoms with Gasteiger partial charge in [0, 0.05) is 6.61 Å². The topological polar surface area (TPSA) is 74.2 Å². The summed E-state index contributed by atoms with van der Waals surface area (Å²) in [5.74, 6) is -0.131. The van der Waals surface area contributed by atoms with Crippen LogP contribution in [0.4, 0.5) is 0 Å². The van der Waals surface area contributed by atoms with Crippen molar-refractivity contribution in [1.82, 2.24) is 0 Å². The highest BCUT2D eigenvalue weighted by Gasteiger charge is 2.38. The maximum atomic E-state index is 12.3. The second-order valence-electron chi connectivity index (χ2n) is 8.09. The van der Waals surface area contributed by atoms with Crippen LogP contribution in [0.3, 0.4) is 0 Å². The zero-order valence-corrected chi connectivity index (χ0v) is 18.8. The summed E-state index contributed by atoms with van der Waals surface area (Å²) in [7, 11) is 2.47. The number of hydrogen-bond donors (Lipinski definition) is 1. The summed E-state index contributed by atoms with van der Waals surface area (Å²) >= 11 is 0. The van der Waals surface area contributed by atoms with Gasteiger partial charge < -0.3 is 23.7 Å². The van der Waals surface area contributed by atoms with Crippen LogP contribution in [-0.4, -0.2) is 47.3 Å². The molecule has 0 fully saturated rings. The molecule has 1 N–H and O–H groups in total. The number of hydrogen-bond acceptors (Lipinski definition) is 6. The third-order valence-corrected chi connectivity index (χ3v) is 9.87. The Balaban J connectivity index is 2.95. The molecular formula is C20H34O6Si. The fourth-order valence-corrected chi connectivity index (χ4v) is 3.54. The van der Waals surface area contributed by atoms with Gasteiger partial charge in [0.05, 0.1) is 33.4 Å². The molecule has 0 aliphatic carbocycles. The predicted octanol–water partition coefficient (Wildman–Crippen LogP) is 3.94. The van der Waals surface area contributed by atoms with Gasteiger partial charge in [0.2, 0.25) is 0 Å². The van der Waals surface area contributed by atoms with Crippen LogP contribution in [-0.2, 0) is 14.0 Å². The number of carbonyl (C=O) groups excluding carboxylic acids is 1. The van der Waals surface area contributed by atoms with Crippen LogP contribution in [0.5, 0.6) is 11.5 Å². The molecule has 0 spiro atoms. The third kappa shape index (κ3) is 5.95. The van der Waals surface area contributed by atoms with Crippen molar-refractivity contribution in [2.45, 2.75) is 51.4 Å². The summed E-state index contributed by atoms with van der Waals surface area (Å²) in [6, 6.07) is 5.10. The molecule has 0 saturated carbocycles. The molecule has 0 heterocycles. The fraction of sp³-hybridized carbons (Fsp3) is 0.650. The van der Waals surface area contributed by atoms with Crippen molar-refractivity contribution in [2.24, 2.45) is 5.92 Å². The van der Waals surface area contributed by atoms with Crippen molar-refractivity contribution in [3.63, 3.8) is 0 Å². The highest BCUT2D eigenvalue weighted by Crippen LogP contribution is 2.37. The van der Waals surface area contributed by atoms with Gasteiger partial charge in [-0.15, -0.1) is 0 Å². The lowest BCUT2D eigenvalue weighted by Crippen LogP contribution is -2.41. The predicted molar refractivity (Wildman–Crippen MR) is 108 cm³/mol. The number of esters is 1. The molecule has 1 aromatic rings. The van der Waals surface area contributed by atoms with Crippen LogP contribution in [0, 0.1) is 5.92 Å². The van der Waals surface area contributed by atoms with Crippen LogP contribution < -0.4 is 9.47 Å². The molecule has 0 aromatic heterocycles. The van der Waals surface area contributed by atoms with Crippen LogP contribution in [0.15, 0.2) is 18.2 Å². The van der Waals surface area contributed by atoms with E-state index in [0.717, 1.165) is 0 Å². The lowest BCUT2D eigenvalue weighted by molar-refractivity contribution is -0.150. The number of aliphatic hydroxyl groups is 1. The number of aliphatic hydroxyl groups excluding tert-OH is 1. The highest BCUT2D eigenvalue weighted by atomic mass is 28.4. The molecule has 6 nitrogen and oxygen atoms in total. The molecule has 0 amide bonds. The van der Waals surface area contributed by atoms with Crippen molar-refractivity contribution < 1.29 is 28.5 Å². The summed E-state index contributed by atoms with van der Waals surface area (Å²) < 4.78 is 21.6. The average molecular weight is 399 g/mol. The summed E-state index contributed by atoms with van der Waals surface area (Å²) in [6.07, 6.45) is -0.658. The maximum Gasteiger partial charge on any atom is 0.311 e. The molecule has 0 aliphatic heterocycles. The van der Waals surface area contributed by atoms with E-state index in [1.807, 2.05) is 0 Å². The zero-order chi connectivity index (χ0) is 20.8. The molecule has 2 atom stereocenters. The standard InChI is InChI=1S/C20H34O6Si/c1-20(2,3)27(7,8)26-12-11-15(19(22)25-6)18(21)14-9-10-16(23-4)17(13-14)24-5/h9-10,13,15,18,21H,11-12H2,1-8H3/t15-,18-/m1/s1. The normalized spacial score (nSPS) is 14.4. The van der Waals surface area contributed by atoms with Crippen molar-refractivity contribution in [3.05, 3.63) is 23.8 Å². The number of benzene rings is 1. The first-order valence-electron chi connectivity index (χ1n) is 9.10. The van der Waals surface area contributed by atoms with E-state index in [1.54, 1.807) is 25.3 Å². The van der Waals surface area contributed by atoms with Crippen molar-refractivity contribution >= 4 is 14.3 Å². The Labute approximate surface area is 163 Å². The highest BCUT2D eigenvalue weighted by molar-refractivity contribution is 6.74. The molecule has 0 bridgehead atoms. The van der Waals surface area contributed by atoms with Gasteiger partial charge in [0.25, 0.3) is 0 Å². The SMILES string of the molecule is COC(=O)[C@H](CCO[Si](C)(C)C(C)(C)C)[C@H](O)c1ccc(OC)c(OC)c1. The minimum absolute atomic E-state index is 0.0791. The van der Waals surface area contributed by atoms with Gasteiger partial charge in [-0.2, -0.15) is 0 Å². The molecule has 154 valence electrons.